The summed E-state index contributed by atoms with van der Waals surface area (Å²) in [5, 5.41) is 7.65. The number of nitrogens with zero attached hydrogens (tertiary/aromatic N) is 2. The molecule has 2 aliphatic heterocycles. The average Bonchev–Trinajstić information content (AvgIpc) is 3.18. The predicted octanol–water partition coefficient (Wildman–Crippen LogP) is 3.65. The molecule has 1 aliphatic carbocycles. The lowest BCUT2D eigenvalue weighted by Gasteiger charge is -2.47. The summed E-state index contributed by atoms with van der Waals surface area (Å²) in [5.41, 5.74) is 1.57. The van der Waals surface area contributed by atoms with Crippen LogP contribution in [0.4, 0.5) is 0 Å². The Morgan fingerprint density at radius 3 is 2.72 bits per heavy atom. The number of carbonyl (C=O) groups is 1. The van der Waals surface area contributed by atoms with E-state index < -0.39 is 0 Å². The Morgan fingerprint density at radius 2 is 2.14 bits per heavy atom. The Bertz CT molecular complexity index is 682. The van der Waals surface area contributed by atoms with Crippen molar-refractivity contribution in [1.82, 2.24) is 20.4 Å². The Kier molecular flexibility index (Phi) is 7.33. The van der Waals surface area contributed by atoms with Crippen molar-refractivity contribution in [3.8, 4) is 0 Å². The first-order valence-corrected chi connectivity index (χ1v) is 11.4. The summed E-state index contributed by atoms with van der Waals surface area (Å²) in [4.78, 5) is 17.7. The molecule has 0 spiro atoms. The third-order valence-corrected chi connectivity index (χ3v) is 6.83. The molecule has 2 N–H and O–H groups in total. The molecule has 0 aromatic heterocycles. The van der Waals surface area contributed by atoms with E-state index >= 15 is 0 Å². The average molecular weight is 421 g/mol. The molecule has 6 heteroatoms. The first-order valence-electron chi connectivity index (χ1n) is 11.0. The van der Waals surface area contributed by atoms with Gasteiger partial charge in [-0.25, -0.2) is 0 Å². The third kappa shape index (κ3) is 5.58. The second kappa shape index (κ2) is 9.57. The maximum absolute atomic E-state index is 13.4. The normalized spacial score (nSPS) is 25.0. The third-order valence-electron chi connectivity index (χ3n) is 6.51. The largest absolute Gasteiger partial charge is 0.373 e. The van der Waals surface area contributed by atoms with E-state index in [1.165, 1.54) is 5.57 Å². The van der Waals surface area contributed by atoms with Crippen LogP contribution >= 0.6 is 11.6 Å². The van der Waals surface area contributed by atoms with Gasteiger partial charge in [-0.3, -0.25) is 4.79 Å². The molecule has 2 heterocycles. The van der Waals surface area contributed by atoms with Crippen molar-refractivity contribution in [2.45, 2.75) is 53.0 Å². The molecule has 2 atom stereocenters. The quantitative estimate of drug-likeness (QED) is 0.660. The van der Waals surface area contributed by atoms with Gasteiger partial charge < -0.3 is 20.4 Å². The van der Waals surface area contributed by atoms with Crippen molar-refractivity contribution in [2.75, 3.05) is 32.8 Å². The van der Waals surface area contributed by atoms with Gasteiger partial charge in [-0.1, -0.05) is 50.9 Å². The Labute approximate surface area is 181 Å². The van der Waals surface area contributed by atoms with Crippen LogP contribution in [0.3, 0.4) is 0 Å². The van der Waals surface area contributed by atoms with E-state index in [1.807, 2.05) is 6.20 Å². The van der Waals surface area contributed by atoms with Crippen LogP contribution < -0.4 is 10.6 Å². The van der Waals surface area contributed by atoms with Gasteiger partial charge in [0.05, 0.1) is 12.7 Å². The lowest BCUT2D eigenvalue weighted by Crippen LogP contribution is -2.56. The fraction of sp³-hybridized carbons (Fsp3) is 0.696. The van der Waals surface area contributed by atoms with Gasteiger partial charge in [0.1, 0.15) is 0 Å². The molecule has 3 rings (SSSR count). The lowest BCUT2D eigenvalue weighted by atomic mass is 9.68. The molecule has 1 amide bonds. The first-order chi connectivity index (χ1) is 13.8. The summed E-state index contributed by atoms with van der Waals surface area (Å²) in [6.45, 7) is 13.1. The molecule has 1 fully saturated rings. The molecule has 162 valence electrons. The number of piperidine rings is 1. The number of halogens is 1. The minimum atomic E-state index is -0.127. The van der Waals surface area contributed by atoms with E-state index in [-0.39, 0.29) is 23.3 Å². The molecule has 0 aromatic carbocycles. The van der Waals surface area contributed by atoms with Crippen molar-refractivity contribution >= 4 is 17.5 Å². The second-order valence-electron chi connectivity index (χ2n) is 9.61. The van der Waals surface area contributed by atoms with Crippen molar-refractivity contribution in [1.29, 1.82) is 0 Å². The van der Waals surface area contributed by atoms with Crippen LogP contribution in [0.25, 0.3) is 0 Å². The lowest BCUT2D eigenvalue weighted by molar-refractivity contribution is -0.138. The molecule has 0 aromatic rings. The molecule has 29 heavy (non-hydrogen) atoms. The van der Waals surface area contributed by atoms with E-state index in [0.717, 1.165) is 57.1 Å². The zero-order valence-corrected chi connectivity index (χ0v) is 19.1. The van der Waals surface area contributed by atoms with Crippen molar-refractivity contribution in [3.63, 3.8) is 0 Å². The van der Waals surface area contributed by atoms with Crippen LogP contribution in [0, 0.1) is 17.3 Å². The fourth-order valence-electron chi connectivity index (χ4n) is 4.85. The van der Waals surface area contributed by atoms with Gasteiger partial charge in [0, 0.05) is 43.6 Å². The van der Waals surface area contributed by atoms with E-state index in [4.69, 9.17) is 11.6 Å². The number of allylic oxidation sites excluding steroid dienone is 4. The number of hydrogen-bond acceptors (Lipinski definition) is 4. The monoisotopic (exact) mass is 420 g/mol. The van der Waals surface area contributed by atoms with Gasteiger partial charge in [0.25, 0.3) is 0 Å². The van der Waals surface area contributed by atoms with Gasteiger partial charge in [-0.15, -0.1) is 0 Å². The minimum absolute atomic E-state index is 0.0743. The van der Waals surface area contributed by atoms with E-state index in [2.05, 4.69) is 66.5 Å². The van der Waals surface area contributed by atoms with E-state index in [1.54, 1.807) is 0 Å². The number of nitrogens with one attached hydrogen (secondary N) is 2. The van der Waals surface area contributed by atoms with E-state index in [9.17, 15) is 4.79 Å². The number of likely N-dealkylation sites (tertiary alicyclic amines) is 1. The highest BCUT2D eigenvalue weighted by molar-refractivity contribution is 6.29. The molecule has 5 nitrogen and oxygen atoms in total. The van der Waals surface area contributed by atoms with Crippen LogP contribution in [-0.4, -0.2) is 54.6 Å². The number of rotatable bonds is 7. The topological polar surface area (TPSA) is 47.6 Å². The standard InChI is InChI=1S/C23H37ClN4O/c1-17(2)21(26-11-14-27-13-10-25-16-27)22(29)28-12-9-20(23(3,4)15-28)18-5-7-19(24)8-6-18/h5,7,10,13,17,20-21,25-26H,6,8-9,11-12,14-16H2,1-4H3/t20?,21-/m1/s1. The Balaban J connectivity index is 1.58. The molecular formula is C23H37ClN4O. The predicted molar refractivity (Wildman–Crippen MR) is 120 cm³/mol. The van der Waals surface area contributed by atoms with Crippen molar-refractivity contribution in [3.05, 3.63) is 35.2 Å². The maximum Gasteiger partial charge on any atom is 0.239 e. The number of carbonyl (C=O) groups excluding carboxylic acids is 1. The number of amides is 1. The van der Waals surface area contributed by atoms with Crippen LogP contribution in [-0.2, 0) is 4.79 Å². The van der Waals surface area contributed by atoms with Gasteiger partial charge in [-0.2, -0.15) is 0 Å². The molecule has 0 bridgehead atoms. The summed E-state index contributed by atoms with van der Waals surface area (Å²) >= 11 is 6.15. The summed E-state index contributed by atoms with van der Waals surface area (Å²) in [6, 6.07) is -0.127. The highest BCUT2D eigenvalue weighted by atomic mass is 35.5. The zero-order valence-electron chi connectivity index (χ0n) is 18.4. The zero-order chi connectivity index (χ0) is 21.0. The molecule has 0 radical (unpaired) electrons. The van der Waals surface area contributed by atoms with Gasteiger partial charge in [-0.05, 0) is 42.6 Å². The fourth-order valence-corrected chi connectivity index (χ4v) is 5.01. The minimum Gasteiger partial charge on any atom is -0.373 e. The number of hydrogen-bond donors (Lipinski definition) is 2. The van der Waals surface area contributed by atoms with Crippen LogP contribution in [0.15, 0.2) is 35.2 Å². The molecule has 3 aliphatic rings. The molecule has 1 saturated heterocycles. The van der Waals surface area contributed by atoms with Crippen LogP contribution in [0.1, 0.15) is 47.0 Å². The second-order valence-corrected chi connectivity index (χ2v) is 10.1. The summed E-state index contributed by atoms with van der Waals surface area (Å²) in [6.07, 6.45) is 11.3. The Morgan fingerprint density at radius 1 is 1.34 bits per heavy atom. The van der Waals surface area contributed by atoms with Crippen molar-refractivity contribution < 1.29 is 4.79 Å². The first kappa shape index (κ1) is 22.2. The highest BCUT2D eigenvalue weighted by Crippen LogP contribution is 2.42. The van der Waals surface area contributed by atoms with E-state index in [0.29, 0.717) is 5.92 Å². The summed E-state index contributed by atoms with van der Waals surface area (Å²) < 4.78 is 0. The maximum atomic E-state index is 13.4. The molecular weight excluding hydrogens is 384 g/mol. The summed E-state index contributed by atoms with van der Waals surface area (Å²) in [5.74, 6) is 1.04. The Hall–Kier alpha value is -1.46. The van der Waals surface area contributed by atoms with Gasteiger partial charge >= 0.3 is 0 Å². The molecule has 0 saturated carbocycles. The van der Waals surface area contributed by atoms with Gasteiger partial charge in [0.2, 0.25) is 5.91 Å². The smallest absolute Gasteiger partial charge is 0.239 e. The van der Waals surface area contributed by atoms with Crippen LogP contribution in [0.5, 0.6) is 0 Å². The highest BCUT2D eigenvalue weighted by Gasteiger charge is 2.40. The SMILES string of the molecule is CC(C)[C@@H](NCCN1C=CNC1)C(=O)N1CCC(C2=CC=C(Cl)CC2)C(C)(C)C1. The summed E-state index contributed by atoms with van der Waals surface area (Å²) in [7, 11) is 0. The van der Waals surface area contributed by atoms with Crippen LogP contribution in [0.2, 0.25) is 0 Å². The molecule has 1 unspecified atom stereocenters. The van der Waals surface area contributed by atoms with Gasteiger partial charge in [0.15, 0.2) is 0 Å². The van der Waals surface area contributed by atoms with Crippen molar-refractivity contribution in [2.24, 2.45) is 17.3 Å².